The van der Waals surface area contributed by atoms with Gasteiger partial charge in [0.2, 0.25) is 11.8 Å². The lowest BCUT2D eigenvalue weighted by atomic mass is 10.0. The number of aliphatic hydroxyl groups is 1. The van der Waals surface area contributed by atoms with Crippen LogP contribution in [0.5, 0.6) is 0 Å². The summed E-state index contributed by atoms with van der Waals surface area (Å²) in [6.45, 7) is 0.470. The number of pyridine rings is 1. The fourth-order valence-corrected chi connectivity index (χ4v) is 4.39. The molecule has 1 aliphatic rings. The Hall–Kier alpha value is -4.76. The molecule has 1 saturated heterocycles. The van der Waals surface area contributed by atoms with E-state index in [1.165, 1.54) is 0 Å². The zero-order chi connectivity index (χ0) is 25.9. The third-order valence-corrected chi connectivity index (χ3v) is 6.29. The second-order valence-corrected chi connectivity index (χ2v) is 8.84. The summed E-state index contributed by atoms with van der Waals surface area (Å²) in [4.78, 5) is 45.8. The summed E-state index contributed by atoms with van der Waals surface area (Å²) in [6.07, 6.45) is 4.60. The molecule has 2 aromatic heterocycles. The van der Waals surface area contributed by atoms with Crippen LogP contribution in [0, 0.1) is 0 Å². The number of amides is 3. The molecule has 1 atom stereocenters. The summed E-state index contributed by atoms with van der Waals surface area (Å²) in [5, 5.41) is 13.3. The summed E-state index contributed by atoms with van der Waals surface area (Å²) in [5.41, 5.74) is 10.0. The van der Waals surface area contributed by atoms with Crippen LogP contribution in [0.3, 0.4) is 0 Å². The number of hydrogen-bond acceptors (Lipinski definition) is 5. The van der Waals surface area contributed by atoms with Gasteiger partial charge in [-0.3, -0.25) is 14.4 Å². The van der Waals surface area contributed by atoms with Crippen molar-refractivity contribution >= 4 is 51.8 Å². The number of fused-ring (bicyclic) bond motifs is 1. The minimum Gasteiger partial charge on any atom is -0.383 e. The van der Waals surface area contributed by atoms with Crippen LogP contribution in [0.15, 0.2) is 73.1 Å². The Morgan fingerprint density at radius 1 is 1.16 bits per heavy atom. The van der Waals surface area contributed by atoms with Crippen molar-refractivity contribution in [1.29, 1.82) is 0 Å². The standard InChI is InChI=1S/C28H25N5O4/c29-26(36)22(18-4-2-1-3-5-18)13-19-15-30-27-23(19)14-20(16-31-27)32-25(35)12-17-6-8-21(9-7-17)33-11-10-24(34)28(33)37/h1-9,13-16,24,34H,10-12H2,(H2,29,36)(H,30,31)(H,32,35)/b22-13+. The van der Waals surface area contributed by atoms with E-state index in [4.69, 9.17) is 5.73 Å². The van der Waals surface area contributed by atoms with Crippen LogP contribution < -0.4 is 16.0 Å². The van der Waals surface area contributed by atoms with Gasteiger partial charge in [-0.25, -0.2) is 4.98 Å². The zero-order valence-electron chi connectivity index (χ0n) is 19.8. The molecule has 3 heterocycles. The molecule has 1 unspecified atom stereocenters. The highest BCUT2D eigenvalue weighted by Crippen LogP contribution is 2.26. The van der Waals surface area contributed by atoms with Crippen LogP contribution in [0.1, 0.15) is 23.1 Å². The molecule has 0 bridgehead atoms. The number of benzene rings is 2. The maximum atomic E-state index is 12.7. The number of carbonyl (C=O) groups is 3. The lowest BCUT2D eigenvalue weighted by Gasteiger charge is -2.16. The number of anilines is 2. The molecule has 37 heavy (non-hydrogen) atoms. The van der Waals surface area contributed by atoms with Gasteiger partial charge >= 0.3 is 0 Å². The van der Waals surface area contributed by atoms with Gasteiger partial charge in [0.15, 0.2) is 0 Å². The van der Waals surface area contributed by atoms with Crippen LogP contribution in [0.25, 0.3) is 22.7 Å². The average molecular weight is 496 g/mol. The van der Waals surface area contributed by atoms with Gasteiger partial charge in [-0.1, -0.05) is 42.5 Å². The second kappa shape index (κ2) is 10.1. The molecule has 0 saturated carbocycles. The van der Waals surface area contributed by atoms with Crippen molar-refractivity contribution in [3.8, 4) is 0 Å². The second-order valence-electron chi connectivity index (χ2n) is 8.84. The first-order valence-electron chi connectivity index (χ1n) is 11.8. The number of H-pyrrole nitrogens is 1. The molecule has 1 fully saturated rings. The molecule has 0 radical (unpaired) electrons. The molecule has 0 spiro atoms. The van der Waals surface area contributed by atoms with Crippen molar-refractivity contribution in [3.05, 3.63) is 89.7 Å². The van der Waals surface area contributed by atoms with E-state index in [9.17, 15) is 19.5 Å². The number of hydrogen-bond donors (Lipinski definition) is 4. The Balaban J connectivity index is 1.31. The molecule has 3 amide bonds. The van der Waals surface area contributed by atoms with Crippen LogP contribution >= 0.6 is 0 Å². The largest absolute Gasteiger partial charge is 0.383 e. The van der Waals surface area contributed by atoms with Gasteiger partial charge in [-0.2, -0.15) is 0 Å². The molecule has 2 aromatic carbocycles. The van der Waals surface area contributed by atoms with Gasteiger partial charge in [0.1, 0.15) is 11.8 Å². The Morgan fingerprint density at radius 2 is 1.92 bits per heavy atom. The van der Waals surface area contributed by atoms with Crippen LogP contribution in [-0.4, -0.2) is 45.4 Å². The fraction of sp³-hybridized carbons (Fsp3) is 0.143. The Kier molecular flexibility index (Phi) is 6.53. The number of nitrogens with one attached hydrogen (secondary N) is 2. The topological polar surface area (TPSA) is 141 Å². The van der Waals surface area contributed by atoms with E-state index in [0.29, 0.717) is 46.7 Å². The Morgan fingerprint density at radius 3 is 2.59 bits per heavy atom. The van der Waals surface area contributed by atoms with Crippen molar-refractivity contribution in [1.82, 2.24) is 9.97 Å². The van der Waals surface area contributed by atoms with Crippen molar-refractivity contribution in [2.24, 2.45) is 5.73 Å². The number of rotatable bonds is 7. The van der Waals surface area contributed by atoms with E-state index in [0.717, 1.165) is 10.9 Å². The van der Waals surface area contributed by atoms with Crippen LogP contribution in [0.4, 0.5) is 11.4 Å². The van der Waals surface area contributed by atoms with E-state index in [1.54, 1.807) is 53.7 Å². The summed E-state index contributed by atoms with van der Waals surface area (Å²) in [6, 6.07) is 18.1. The quantitative estimate of drug-likeness (QED) is 0.292. The number of aromatic nitrogens is 2. The predicted octanol–water partition coefficient (Wildman–Crippen LogP) is 2.87. The number of nitrogens with zero attached hydrogens (tertiary/aromatic N) is 2. The van der Waals surface area contributed by atoms with Crippen molar-refractivity contribution < 1.29 is 19.5 Å². The molecule has 186 valence electrons. The molecule has 9 heteroatoms. The fourth-order valence-electron chi connectivity index (χ4n) is 4.39. The minimum absolute atomic E-state index is 0.134. The van der Waals surface area contributed by atoms with Crippen LogP contribution in [0.2, 0.25) is 0 Å². The number of primary amides is 1. The molecule has 0 aliphatic carbocycles. The minimum atomic E-state index is -0.951. The lowest BCUT2D eigenvalue weighted by molar-refractivity contribution is -0.124. The van der Waals surface area contributed by atoms with Crippen LogP contribution in [-0.2, 0) is 20.8 Å². The lowest BCUT2D eigenvalue weighted by Crippen LogP contribution is -2.29. The first-order valence-corrected chi connectivity index (χ1v) is 11.8. The van der Waals surface area contributed by atoms with Gasteiger partial charge in [0.25, 0.3) is 5.91 Å². The maximum absolute atomic E-state index is 12.7. The first kappa shape index (κ1) is 24.0. The predicted molar refractivity (Wildman–Crippen MR) is 141 cm³/mol. The van der Waals surface area contributed by atoms with E-state index in [1.807, 2.05) is 30.3 Å². The van der Waals surface area contributed by atoms with Gasteiger partial charge in [0, 0.05) is 41.4 Å². The summed E-state index contributed by atoms with van der Waals surface area (Å²) in [7, 11) is 0. The third kappa shape index (κ3) is 5.12. The number of nitrogens with two attached hydrogens (primary N) is 1. The van der Waals surface area contributed by atoms with E-state index in [-0.39, 0.29) is 18.2 Å². The maximum Gasteiger partial charge on any atom is 0.255 e. The smallest absolute Gasteiger partial charge is 0.255 e. The SMILES string of the molecule is NC(=O)/C(=C/c1c[nH]c2ncc(NC(=O)Cc3ccc(N4CCC(O)C4=O)cc3)cc12)c1ccccc1. The zero-order valence-corrected chi connectivity index (χ0v) is 19.8. The molecule has 9 nitrogen and oxygen atoms in total. The molecule has 1 aliphatic heterocycles. The molecule has 5 rings (SSSR count). The highest BCUT2D eigenvalue weighted by molar-refractivity contribution is 6.24. The molecular weight excluding hydrogens is 470 g/mol. The molecule has 5 N–H and O–H groups in total. The van der Waals surface area contributed by atoms with Gasteiger partial charge < -0.3 is 26.0 Å². The number of aromatic amines is 1. The summed E-state index contributed by atoms with van der Waals surface area (Å²) < 4.78 is 0. The monoisotopic (exact) mass is 495 g/mol. The highest BCUT2D eigenvalue weighted by Gasteiger charge is 2.30. The van der Waals surface area contributed by atoms with Gasteiger partial charge in [-0.15, -0.1) is 0 Å². The van der Waals surface area contributed by atoms with Gasteiger partial charge in [0.05, 0.1) is 18.3 Å². The van der Waals surface area contributed by atoms with Crippen molar-refractivity contribution in [2.75, 3.05) is 16.8 Å². The van der Waals surface area contributed by atoms with Crippen molar-refractivity contribution in [3.63, 3.8) is 0 Å². The van der Waals surface area contributed by atoms with E-state index >= 15 is 0 Å². The Bertz CT molecular complexity index is 1510. The molecule has 4 aromatic rings. The number of carbonyl (C=O) groups excluding carboxylic acids is 3. The van der Waals surface area contributed by atoms with Gasteiger partial charge in [-0.05, 0) is 35.4 Å². The first-order chi connectivity index (χ1) is 17.9. The normalized spacial score (nSPS) is 15.8. The average Bonchev–Trinajstić information content (AvgIpc) is 3.45. The van der Waals surface area contributed by atoms with E-state index < -0.39 is 12.0 Å². The third-order valence-electron chi connectivity index (χ3n) is 6.29. The summed E-state index contributed by atoms with van der Waals surface area (Å²) in [5.74, 6) is -1.08. The number of aliphatic hydroxyl groups excluding tert-OH is 1. The summed E-state index contributed by atoms with van der Waals surface area (Å²) >= 11 is 0. The highest BCUT2D eigenvalue weighted by atomic mass is 16.3. The van der Waals surface area contributed by atoms with E-state index in [2.05, 4.69) is 15.3 Å². The Labute approximate surface area is 212 Å². The van der Waals surface area contributed by atoms with Crippen molar-refractivity contribution in [2.45, 2.75) is 18.9 Å². The molecular formula is C28H25N5O4.